The highest BCUT2D eigenvalue weighted by Gasteiger charge is 2.30. The van der Waals surface area contributed by atoms with Gasteiger partial charge in [-0.05, 0) is 24.5 Å². The number of amides is 1. The Morgan fingerprint density at radius 3 is 2.79 bits per heavy atom. The lowest BCUT2D eigenvalue weighted by Crippen LogP contribution is -2.28. The number of pyridine rings is 1. The molecule has 2 unspecified atom stereocenters. The molecule has 1 aliphatic rings. The molecule has 2 atom stereocenters. The molecule has 3 aromatic rings. The summed E-state index contributed by atoms with van der Waals surface area (Å²) in [7, 11) is 1.29. The Balaban J connectivity index is 1.82. The third-order valence-corrected chi connectivity index (χ3v) is 5.68. The SMILES string of the molecule is COC(=O)c1c(NC(=O)C2CCCO2)c2cc(NCC(O)CO)cnc2n1Cc1ccccc1. The Morgan fingerprint density at radius 1 is 1.32 bits per heavy atom. The lowest BCUT2D eigenvalue weighted by Gasteiger charge is -2.13. The molecule has 1 saturated heterocycles. The number of anilines is 2. The average molecular weight is 469 g/mol. The average Bonchev–Trinajstić information content (AvgIpc) is 3.50. The topological polar surface area (TPSA) is 135 Å². The highest BCUT2D eigenvalue weighted by Crippen LogP contribution is 2.34. The first-order valence-corrected chi connectivity index (χ1v) is 11.1. The van der Waals surface area contributed by atoms with E-state index in [1.54, 1.807) is 16.8 Å². The van der Waals surface area contributed by atoms with Crippen LogP contribution in [0.3, 0.4) is 0 Å². The molecular weight excluding hydrogens is 440 g/mol. The number of carbonyl (C=O) groups is 2. The van der Waals surface area contributed by atoms with Crippen molar-refractivity contribution in [3.05, 3.63) is 53.9 Å². The summed E-state index contributed by atoms with van der Waals surface area (Å²) in [5, 5.41) is 25.2. The van der Waals surface area contributed by atoms with Crippen molar-refractivity contribution in [2.45, 2.75) is 31.6 Å². The minimum atomic E-state index is -0.942. The predicted molar refractivity (Wildman–Crippen MR) is 126 cm³/mol. The molecule has 0 radical (unpaired) electrons. The first-order chi connectivity index (χ1) is 16.5. The number of hydrogen-bond donors (Lipinski definition) is 4. The van der Waals surface area contributed by atoms with Crippen molar-refractivity contribution in [2.75, 3.05) is 37.5 Å². The number of esters is 1. The molecule has 0 spiro atoms. The van der Waals surface area contributed by atoms with Crippen molar-refractivity contribution in [1.29, 1.82) is 0 Å². The summed E-state index contributed by atoms with van der Waals surface area (Å²) in [6, 6.07) is 11.3. The van der Waals surface area contributed by atoms with Gasteiger partial charge in [0.25, 0.3) is 5.91 Å². The number of nitrogens with zero attached hydrogens (tertiary/aromatic N) is 2. The maximum Gasteiger partial charge on any atom is 0.356 e. The van der Waals surface area contributed by atoms with E-state index in [2.05, 4.69) is 15.6 Å². The standard InChI is InChI=1S/C24H28N4O6/c1-33-24(32)21-20(27-23(31)19-8-5-9-34-19)18-10-16(25-12-17(30)14-29)11-26-22(18)28(21)13-15-6-3-2-4-7-15/h2-4,6-7,10-11,17,19,25,29-30H,5,8-9,12-14H2,1H3,(H,27,31). The van der Waals surface area contributed by atoms with Crippen molar-refractivity contribution in [1.82, 2.24) is 9.55 Å². The predicted octanol–water partition coefficient (Wildman–Crippen LogP) is 1.75. The van der Waals surface area contributed by atoms with E-state index in [0.29, 0.717) is 36.3 Å². The molecule has 1 aromatic carbocycles. The van der Waals surface area contributed by atoms with Gasteiger partial charge in [0.1, 0.15) is 11.8 Å². The van der Waals surface area contributed by atoms with Gasteiger partial charge in [-0.25, -0.2) is 9.78 Å². The van der Waals surface area contributed by atoms with Gasteiger partial charge in [0, 0.05) is 25.1 Å². The number of rotatable bonds is 9. The molecule has 10 nitrogen and oxygen atoms in total. The van der Waals surface area contributed by atoms with Crippen LogP contribution in [0.4, 0.5) is 11.4 Å². The fourth-order valence-corrected chi connectivity index (χ4v) is 3.97. The summed E-state index contributed by atoms with van der Waals surface area (Å²) < 4.78 is 12.3. The van der Waals surface area contributed by atoms with Gasteiger partial charge in [0.2, 0.25) is 0 Å². The number of nitrogens with one attached hydrogen (secondary N) is 2. The van der Waals surface area contributed by atoms with Crippen molar-refractivity contribution in [2.24, 2.45) is 0 Å². The zero-order valence-electron chi connectivity index (χ0n) is 18.9. The van der Waals surface area contributed by atoms with Gasteiger partial charge >= 0.3 is 5.97 Å². The Morgan fingerprint density at radius 2 is 2.12 bits per heavy atom. The smallest absolute Gasteiger partial charge is 0.356 e. The summed E-state index contributed by atoms with van der Waals surface area (Å²) in [4.78, 5) is 30.4. The quantitative estimate of drug-likeness (QED) is 0.349. The zero-order chi connectivity index (χ0) is 24.1. The number of methoxy groups -OCH3 is 1. The third-order valence-electron chi connectivity index (χ3n) is 5.68. The molecule has 3 heterocycles. The van der Waals surface area contributed by atoms with Crippen LogP contribution < -0.4 is 10.6 Å². The first-order valence-electron chi connectivity index (χ1n) is 11.1. The van der Waals surface area contributed by atoms with Gasteiger partial charge in [-0.1, -0.05) is 30.3 Å². The van der Waals surface area contributed by atoms with E-state index >= 15 is 0 Å². The Bertz CT molecular complexity index is 1160. The van der Waals surface area contributed by atoms with Crippen molar-refractivity contribution in [3.63, 3.8) is 0 Å². The van der Waals surface area contributed by atoms with Crippen LogP contribution in [0, 0.1) is 0 Å². The third kappa shape index (κ3) is 5.04. The minimum Gasteiger partial charge on any atom is -0.464 e. The molecule has 10 heteroatoms. The van der Waals surface area contributed by atoms with E-state index in [9.17, 15) is 14.7 Å². The van der Waals surface area contributed by atoms with Crippen LogP contribution in [0.25, 0.3) is 11.0 Å². The van der Waals surface area contributed by atoms with Crippen molar-refractivity contribution >= 4 is 34.3 Å². The summed E-state index contributed by atoms with van der Waals surface area (Å²) >= 11 is 0. The summed E-state index contributed by atoms with van der Waals surface area (Å²) in [5.41, 5.74) is 2.45. The number of benzene rings is 1. The van der Waals surface area contributed by atoms with Crippen LogP contribution in [0.5, 0.6) is 0 Å². The van der Waals surface area contributed by atoms with E-state index in [-0.39, 0.29) is 30.4 Å². The van der Waals surface area contributed by atoms with Gasteiger partial charge in [-0.2, -0.15) is 0 Å². The highest BCUT2D eigenvalue weighted by atomic mass is 16.5. The number of aliphatic hydroxyl groups is 2. The highest BCUT2D eigenvalue weighted by molar-refractivity contribution is 6.12. The molecule has 1 aliphatic heterocycles. The van der Waals surface area contributed by atoms with Crippen LogP contribution in [-0.4, -0.2) is 70.7 Å². The number of aliphatic hydroxyl groups excluding tert-OH is 2. The molecular formula is C24H28N4O6. The van der Waals surface area contributed by atoms with Crippen LogP contribution >= 0.6 is 0 Å². The van der Waals surface area contributed by atoms with E-state index in [0.717, 1.165) is 12.0 Å². The molecule has 4 rings (SSSR count). The number of aromatic nitrogens is 2. The molecule has 0 saturated carbocycles. The Kier molecular flexibility index (Phi) is 7.41. The zero-order valence-corrected chi connectivity index (χ0v) is 18.9. The molecule has 2 aromatic heterocycles. The lowest BCUT2D eigenvalue weighted by atomic mass is 10.2. The fraction of sp³-hybridized carbons (Fsp3) is 0.375. The first kappa shape index (κ1) is 23.7. The summed E-state index contributed by atoms with van der Waals surface area (Å²) in [6.45, 7) is 0.572. The molecule has 0 bridgehead atoms. The van der Waals surface area contributed by atoms with Crippen LogP contribution in [0.2, 0.25) is 0 Å². The molecule has 1 amide bonds. The second-order valence-corrected chi connectivity index (χ2v) is 8.09. The van der Waals surface area contributed by atoms with Crippen LogP contribution in [-0.2, 0) is 20.8 Å². The largest absolute Gasteiger partial charge is 0.464 e. The van der Waals surface area contributed by atoms with Crippen LogP contribution in [0.15, 0.2) is 42.6 Å². The molecule has 1 fully saturated rings. The normalized spacial score (nSPS) is 16.4. The van der Waals surface area contributed by atoms with E-state index < -0.39 is 18.2 Å². The fourth-order valence-electron chi connectivity index (χ4n) is 3.97. The van der Waals surface area contributed by atoms with Gasteiger partial charge in [0.05, 0.1) is 37.4 Å². The van der Waals surface area contributed by atoms with E-state index in [1.807, 2.05) is 30.3 Å². The number of hydrogen-bond acceptors (Lipinski definition) is 8. The lowest BCUT2D eigenvalue weighted by molar-refractivity contribution is -0.124. The molecule has 34 heavy (non-hydrogen) atoms. The second-order valence-electron chi connectivity index (χ2n) is 8.09. The Hall–Kier alpha value is -3.47. The maximum absolute atomic E-state index is 12.9. The monoisotopic (exact) mass is 468 g/mol. The molecule has 0 aliphatic carbocycles. The van der Waals surface area contributed by atoms with Gasteiger partial charge in [-0.15, -0.1) is 0 Å². The Labute approximate surface area is 196 Å². The second kappa shape index (κ2) is 10.6. The number of carbonyl (C=O) groups excluding carboxylic acids is 2. The number of ether oxygens (including phenoxy) is 2. The number of fused-ring (bicyclic) bond motifs is 1. The van der Waals surface area contributed by atoms with Gasteiger partial charge < -0.3 is 34.9 Å². The van der Waals surface area contributed by atoms with Gasteiger partial charge in [-0.3, -0.25) is 4.79 Å². The van der Waals surface area contributed by atoms with Crippen molar-refractivity contribution in [3.8, 4) is 0 Å². The van der Waals surface area contributed by atoms with E-state index in [4.69, 9.17) is 14.6 Å². The van der Waals surface area contributed by atoms with Gasteiger partial charge in [0.15, 0.2) is 5.69 Å². The van der Waals surface area contributed by atoms with E-state index in [1.165, 1.54) is 7.11 Å². The van der Waals surface area contributed by atoms with Crippen molar-refractivity contribution < 1.29 is 29.3 Å². The summed E-state index contributed by atoms with van der Waals surface area (Å²) in [6.07, 6.45) is 1.43. The molecule has 180 valence electrons. The molecule has 4 N–H and O–H groups in total. The maximum atomic E-state index is 12.9. The minimum absolute atomic E-state index is 0.107. The van der Waals surface area contributed by atoms with Crippen LogP contribution in [0.1, 0.15) is 28.9 Å². The summed E-state index contributed by atoms with van der Waals surface area (Å²) in [5.74, 6) is -0.947.